The smallest absolute Gasteiger partial charge is 0.354 e. The molecule has 1 radical (unpaired) electrons. The van der Waals surface area contributed by atoms with Crippen molar-refractivity contribution >= 4 is 49.6 Å². The van der Waals surface area contributed by atoms with E-state index in [1.807, 2.05) is 60.7 Å². The van der Waals surface area contributed by atoms with Crippen LogP contribution in [0.3, 0.4) is 0 Å². The Morgan fingerprint density at radius 1 is 0.469 bits per heavy atom. The van der Waals surface area contributed by atoms with Crippen LogP contribution in [0.5, 0.6) is 0 Å². The number of carbonyl (C=O) groups is 1. The number of aromatic carboxylic acids is 1. The molecular formula is C52H31F4IrN5O2-2. The zero-order valence-electron chi connectivity index (χ0n) is 33.3. The Labute approximate surface area is 376 Å². The van der Waals surface area contributed by atoms with E-state index in [0.717, 1.165) is 79.3 Å². The van der Waals surface area contributed by atoms with Crippen molar-refractivity contribution in [3.8, 4) is 33.9 Å². The predicted molar refractivity (Wildman–Crippen MR) is 237 cm³/mol. The van der Waals surface area contributed by atoms with E-state index in [2.05, 4.69) is 84.7 Å². The van der Waals surface area contributed by atoms with Crippen LogP contribution in [0.15, 0.2) is 182 Å². The maximum Gasteiger partial charge on any atom is 0.354 e. The molecule has 0 aliphatic rings. The van der Waals surface area contributed by atoms with Crippen LogP contribution in [-0.4, -0.2) is 35.2 Å². The largest absolute Gasteiger partial charge is 0.477 e. The van der Waals surface area contributed by atoms with Crippen molar-refractivity contribution in [1.29, 1.82) is 0 Å². The average Bonchev–Trinajstić information content (AvgIpc) is 3.83. The minimum absolute atomic E-state index is 0. The van der Waals surface area contributed by atoms with Crippen molar-refractivity contribution in [3.63, 3.8) is 0 Å². The van der Waals surface area contributed by atoms with Crippen LogP contribution >= 0.6 is 0 Å². The van der Waals surface area contributed by atoms with E-state index >= 15 is 0 Å². The SMILES string of the molecule is Fc1c[c-]c(-c2cc(-n3c4ccccc4c4ccccc43)ccn2)c(F)c1.Fc1c[c-]c(-c2cc(-n3c4ccccc4c4ccccc43)ccn2)c(F)c1.O=C(O)c1ccccn1.[Ir]. The zero-order valence-corrected chi connectivity index (χ0v) is 35.7. The molecule has 12 heteroatoms. The third kappa shape index (κ3) is 8.52. The first-order chi connectivity index (χ1) is 30.7. The van der Waals surface area contributed by atoms with Gasteiger partial charge in [-0.25, -0.2) is 9.78 Å². The van der Waals surface area contributed by atoms with Gasteiger partial charge in [-0.05, 0) is 59.9 Å². The Morgan fingerprint density at radius 2 is 0.844 bits per heavy atom. The minimum atomic E-state index is -0.990. The predicted octanol–water partition coefficient (Wildman–Crippen LogP) is 12.6. The van der Waals surface area contributed by atoms with Crippen molar-refractivity contribution in [2.75, 3.05) is 0 Å². The number of benzene rings is 6. The molecule has 7 nitrogen and oxygen atoms in total. The van der Waals surface area contributed by atoms with Gasteiger partial charge in [0.05, 0.1) is 22.1 Å². The summed E-state index contributed by atoms with van der Waals surface area (Å²) in [7, 11) is 0. The van der Waals surface area contributed by atoms with E-state index in [4.69, 9.17) is 5.11 Å². The van der Waals surface area contributed by atoms with Gasteiger partial charge in [-0.15, -0.1) is 24.3 Å². The molecule has 0 saturated carbocycles. The van der Waals surface area contributed by atoms with E-state index in [0.29, 0.717) is 11.4 Å². The Kier molecular flexibility index (Phi) is 12.5. The maximum atomic E-state index is 14.2. The molecule has 11 aromatic rings. The van der Waals surface area contributed by atoms with Crippen molar-refractivity contribution in [2.45, 2.75) is 0 Å². The second-order valence-corrected chi connectivity index (χ2v) is 14.1. The average molecular weight is 1030 g/mol. The van der Waals surface area contributed by atoms with Gasteiger partial charge in [0, 0.05) is 94.9 Å². The molecule has 0 saturated heterocycles. The van der Waals surface area contributed by atoms with Gasteiger partial charge in [0.1, 0.15) is 5.69 Å². The molecule has 5 heterocycles. The zero-order chi connectivity index (χ0) is 43.5. The summed E-state index contributed by atoms with van der Waals surface area (Å²) in [5, 5.41) is 12.9. The van der Waals surface area contributed by atoms with Crippen molar-refractivity contribution in [3.05, 3.63) is 223 Å². The molecule has 64 heavy (non-hydrogen) atoms. The third-order valence-corrected chi connectivity index (χ3v) is 10.3. The summed E-state index contributed by atoms with van der Waals surface area (Å²) in [6.07, 6.45) is 4.71. The number of hydrogen-bond acceptors (Lipinski definition) is 4. The Bertz CT molecular complexity index is 3160. The monoisotopic (exact) mass is 1030 g/mol. The Hall–Kier alpha value is -7.79. The molecule has 0 aliphatic heterocycles. The molecule has 1 N–H and O–H groups in total. The Morgan fingerprint density at radius 3 is 1.17 bits per heavy atom. The van der Waals surface area contributed by atoms with E-state index < -0.39 is 29.2 Å². The van der Waals surface area contributed by atoms with E-state index in [9.17, 15) is 22.4 Å². The standard InChI is InChI=1S/2C23H13F2N2.C6H5NO2.Ir/c2*24-15-9-10-19(20(25)13-15)21-14-16(11-12-26-21)27-22-7-3-1-5-17(22)18-6-2-4-8-23(18)27;8-6(9)5-3-1-2-4-7-5;/h2*1-9,11-14H;1-4H,(H,8,9);/q2*-1;;. The van der Waals surface area contributed by atoms with Gasteiger partial charge in [-0.1, -0.05) is 114 Å². The van der Waals surface area contributed by atoms with Gasteiger partial charge < -0.3 is 24.2 Å². The number of fused-ring (bicyclic) bond motifs is 6. The summed E-state index contributed by atoms with van der Waals surface area (Å²) < 4.78 is 59.1. The van der Waals surface area contributed by atoms with Gasteiger partial charge in [-0.3, -0.25) is 17.6 Å². The van der Waals surface area contributed by atoms with Crippen LogP contribution < -0.4 is 0 Å². The van der Waals surface area contributed by atoms with Gasteiger partial charge in [0.15, 0.2) is 0 Å². The van der Waals surface area contributed by atoms with Gasteiger partial charge in [0.2, 0.25) is 0 Å². The first-order valence-electron chi connectivity index (χ1n) is 19.5. The number of para-hydroxylation sites is 4. The van der Waals surface area contributed by atoms with Crippen LogP contribution in [0.2, 0.25) is 0 Å². The molecule has 0 atom stereocenters. The molecule has 0 bridgehead atoms. The normalized spacial score (nSPS) is 10.8. The fourth-order valence-electron chi connectivity index (χ4n) is 7.56. The fraction of sp³-hybridized carbons (Fsp3) is 0. The van der Waals surface area contributed by atoms with Crippen LogP contribution in [0.1, 0.15) is 10.5 Å². The number of aromatic nitrogens is 5. The first kappa shape index (κ1) is 42.9. The Balaban J connectivity index is 0.000000145. The number of pyridine rings is 3. The van der Waals surface area contributed by atoms with Gasteiger partial charge in [0.25, 0.3) is 0 Å². The van der Waals surface area contributed by atoms with Gasteiger partial charge >= 0.3 is 5.97 Å². The van der Waals surface area contributed by atoms with E-state index in [1.165, 1.54) is 12.3 Å². The number of carboxylic acid groups (broad SMARTS) is 1. The van der Waals surface area contributed by atoms with Gasteiger partial charge in [-0.2, -0.15) is 0 Å². The summed E-state index contributed by atoms with van der Waals surface area (Å²) in [5.74, 6) is -3.66. The summed E-state index contributed by atoms with van der Waals surface area (Å²) in [6.45, 7) is 0. The third-order valence-electron chi connectivity index (χ3n) is 10.3. The molecule has 0 amide bonds. The van der Waals surface area contributed by atoms with Crippen LogP contribution in [0.25, 0.3) is 77.5 Å². The molecule has 0 spiro atoms. The van der Waals surface area contributed by atoms with Crippen LogP contribution in [0, 0.1) is 35.4 Å². The second kappa shape index (κ2) is 18.7. The first-order valence-corrected chi connectivity index (χ1v) is 19.5. The van der Waals surface area contributed by atoms with Crippen molar-refractivity contribution in [1.82, 2.24) is 24.1 Å². The molecule has 6 aromatic carbocycles. The number of carboxylic acids is 1. The van der Waals surface area contributed by atoms with Crippen molar-refractivity contribution in [2.24, 2.45) is 0 Å². The van der Waals surface area contributed by atoms with Crippen LogP contribution in [-0.2, 0) is 20.1 Å². The minimum Gasteiger partial charge on any atom is -0.477 e. The summed E-state index contributed by atoms with van der Waals surface area (Å²) in [5.41, 5.74) is 7.14. The maximum absolute atomic E-state index is 14.2. The molecule has 315 valence electrons. The summed E-state index contributed by atoms with van der Waals surface area (Å²) in [4.78, 5) is 22.2. The number of nitrogens with zero attached hydrogens (tertiary/aromatic N) is 5. The number of hydrogen-bond donors (Lipinski definition) is 1. The molecule has 0 fully saturated rings. The van der Waals surface area contributed by atoms with E-state index in [-0.39, 0.29) is 36.9 Å². The van der Waals surface area contributed by atoms with E-state index in [1.54, 1.807) is 36.7 Å². The number of halogens is 4. The molecule has 0 aliphatic carbocycles. The summed E-state index contributed by atoms with van der Waals surface area (Å²) >= 11 is 0. The molecule has 11 rings (SSSR count). The molecule has 0 unspecified atom stereocenters. The molecule has 5 aromatic heterocycles. The van der Waals surface area contributed by atoms with Crippen LogP contribution in [0.4, 0.5) is 17.6 Å². The molecular weight excluding hydrogens is 995 g/mol. The topological polar surface area (TPSA) is 85.8 Å². The quantitative estimate of drug-likeness (QED) is 0.137. The summed E-state index contributed by atoms with van der Waals surface area (Å²) in [6, 6.07) is 53.9. The number of rotatable bonds is 5. The second-order valence-electron chi connectivity index (χ2n) is 14.1. The fourth-order valence-corrected chi connectivity index (χ4v) is 7.56. The van der Waals surface area contributed by atoms with Crippen molar-refractivity contribution < 1.29 is 47.6 Å².